The lowest BCUT2D eigenvalue weighted by Gasteiger charge is -2.21. The van der Waals surface area contributed by atoms with Crippen molar-refractivity contribution >= 4 is 48.3 Å². The van der Waals surface area contributed by atoms with Crippen molar-refractivity contribution in [3.8, 4) is 0 Å². The highest BCUT2D eigenvalue weighted by atomic mass is 31.3. The molecule has 0 radical (unpaired) electrons. The number of hydrogen-bond acceptors (Lipinski definition) is 16. The topological polar surface area (TPSA) is 320 Å². The predicted octanol–water partition coefficient (Wildman–Crippen LogP) is 1.06. The third-order valence-corrected chi connectivity index (χ3v) is 11.2. The smallest absolute Gasteiger partial charge is 0.390 e. The second-order valence-electron chi connectivity index (χ2n) is 8.47. The number of aliphatic hydroxyl groups is 1. The molecule has 0 aromatic carbocycles. The Morgan fingerprint density at radius 2 is 1.51 bits per heavy atom. The number of nitrogen functional groups attached to an aromatic ring is 1. The fraction of sp³-hybridized carbons (Fsp3) is 0.688. The zero-order chi connectivity index (χ0) is 30.5. The van der Waals surface area contributed by atoms with Crippen LogP contribution in [-0.2, 0) is 45.0 Å². The molecule has 1 aliphatic rings. The first-order valence-corrected chi connectivity index (χ1v) is 17.7. The molecule has 7 atom stereocenters. The number of aliphatic hydroxyl groups excluding tert-OH is 1. The number of aromatic nitrogens is 4. The van der Waals surface area contributed by atoms with Gasteiger partial charge in [-0.2, -0.15) is 12.9 Å². The van der Waals surface area contributed by atoms with Crippen LogP contribution in [0.4, 0.5) is 5.82 Å². The molecule has 1 saturated heterocycles. The molecule has 234 valence electrons. The molecule has 2 aromatic rings. The molecule has 0 spiro atoms. The van der Waals surface area contributed by atoms with Crippen molar-refractivity contribution in [2.24, 2.45) is 5.73 Å². The van der Waals surface area contributed by atoms with Crippen molar-refractivity contribution in [3.05, 3.63) is 12.7 Å². The van der Waals surface area contributed by atoms with Crippen molar-refractivity contribution in [1.29, 1.82) is 0 Å². The monoisotopic (exact) mass is 670 g/mol. The number of unbranched alkanes of at least 4 members (excludes halogenated alkanes) is 3. The van der Waals surface area contributed by atoms with E-state index in [0.29, 0.717) is 25.8 Å². The Morgan fingerprint density at radius 1 is 0.902 bits per heavy atom. The first-order chi connectivity index (χ1) is 19.0. The molecule has 3 rings (SSSR count). The molecule has 41 heavy (non-hydrogen) atoms. The number of imidazole rings is 1. The summed E-state index contributed by atoms with van der Waals surface area (Å²) in [7, 11) is -22.6. The third kappa shape index (κ3) is 10.5. The van der Waals surface area contributed by atoms with E-state index in [0.717, 1.165) is 0 Å². The molecular formula is C16H30N6O15P4. The van der Waals surface area contributed by atoms with E-state index >= 15 is 0 Å². The van der Waals surface area contributed by atoms with Crippen molar-refractivity contribution in [2.45, 2.75) is 50.5 Å². The lowest BCUT2D eigenvalue weighted by Crippen LogP contribution is -2.26. The zero-order valence-corrected chi connectivity index (χ0v) is 24.7. The van der Waals surface area contributed by atoms with Gasteiger partial charge in [-0.15, -0.1) is 0 Å². The van der Waals surface area contributed by atoms with Crippen LogP contribution >= 0.6 is 31.3 Å². The Hall–Kier alpha value is -1.21. The Kier molecular flexibility index (Phi) is 11.7. The third-order valence-electron chi connectivity index (χ3n) is 5.28. The van der Waals surface area contributed by atoms with Crippen molar-refractivity contribution in [3.63, 3.8) is 0 Å². The molecule has 0 amide bonds. The summed E-state index contributed by atoms with van der Waals surface area (Å²) in [5.74, 6) is 0.0995. The van der Waals surface area contributed by atoms with Gasteiger partial charge in [0, 0.05) is 6.42 Å². The summed E-state index contributed by atoms with van der Waals surface area (Å²) in [6.45, 7) is -0.788. The molecular weight excluding hydrogens is 640 g/mol. The van der Waals surface area contributed by atoms with Crippen LogP contribution in [0.25, 0.3) is 11.2 Å². The van der Waals surface area contributed by atoms with Crippen molar-refractivity contribution in [2.75, 3.05) is 25.5 Å². The molecule has 7 unspecified atom stereocenters. The van der Waals surface area contributed by atoms with Gasteiger partial charge in [-0.3, -0.25) is 13.6 Å². The van der Waals surface area contributed by atoms with Crippen molar-refractivity contribution in [1.82, 2.24) is 19.5 Å². The first kappa shape index (κ1) is 34.3. The van der Waals surface area contributed by atoms with Gasteiger partial charge in [0.1, 0.15) is 24.2 Å². The molecule has 0 aliphatic carbocycles. The quantitative estimate of drug-likeness (QED) is 0.0913. The van der Waals surface area contributed by atoms with Crippen LogP contribution in [0.2, 0.25) is 0 Å². The second-order valence-corrected chi connectivity index (χ2v) is 14.7. The normalized spacial score (nSPS) is 25.4. The number of ether oxygens (including phenoxy) is 1. The number of phosphoric ester groups is 2. The molecule has 2 aromatic heterocycles. The van der Waals surface area contributed by atoms with E-state index in [-0.39, 0.29) is 36.4 Å². The number of rotatable bonds is 17. The molecule has 3 heterocycles. The maximum atomic E-state index is 12.2. The van der Waals surface area contributed by atoms with Gasteiger partial charge in [0.25, 0.3) is 0 Å². The highest BCUT2D eigenvalue weighted by Crippen LogP contribution is 2.71. The minimum atomic E-state index is -5.94. The van der Waals surface area contributed by atoms with Crippen LogP contribution in [-0.4, -0.2) is 76.2 Å². The van der Waals surface area contributed by atoms with Crippen LogP contribution in [0, 0.1) is 0 Å². The molecule has 1 fully saturated rings. The van der Waals surface area contributed by atoms with Gasteiger partial charge in [-0.25, -0.2) is 33.2 Å². The van der Waals surface area contributed by atoms with E-state index in [1.54, 1.807) is 0 Å². The standard InChI is InChI=1S/C16H30N6O15P4/c17-5-3-1-2-4-6-32-38(24,25)35-40(28,29)37-41(30,31)36-39(26,27)33-8-12-11(23)7-13(34-12)22-10-21-14-15(18)19-9-20-16(14)22/h9-13,23H,1-8,17H2,(H,24,25)(H,26,27)(H,28,29)(H,30,31)(H2,18,19,20). The SMILES string of the molecule is NCCCCCCOP(=O)(O)OP(=O)(O)OP(=O)(O)OP(=O)(O)OCC1OC(n2cnc3c(N)ncnc32)CC1O. The van der Waals surface area contributed by atoms with Gasteiger partial charge in [0.2, 0.25) is 0 Å². The fourth-order valence-electron chi connectivity index (χ4n) is 3.53. The predicted molar refractivity (Wildman–Crippen MR) is 136 cm³/mol. The van der Waals surface area contributed by atoms with Gasteiger partial charge in [-0.1, -0.05) is 12.8 Å². The van der Waals surface area contributed by atoms with Crippen LogP contribution in [0.3, 0.4) is 0 Å². The summed E-state index contributed by atoms with van der Waals surface area (Å²) in [5, 5.41) is 10.3. The summed E-state index contributed by atoms with van der Waals surface area (Å²) < 4.78 is 75.8. The number of hydrogen-bond donors (Lipinski definition) is 7. The molecule has 0 bridgehead atoms. The lowest BCUT2D eigenvalue weighted by atomic mass is 10.2. The number of nitrogens with two attached hydrogens (primary N) is 2. The summed E-state index contributed by atoms with van der Waals surface area (Å²) in [4.78, 5) is 50.5. The Labute approximate surface area is 232 Å². The largest absolute Gasteiger partial charge is 0.490 e. The van der Waals surface area contributed by atoms with E-state index in [9.17, 15) is 42.9 Å². The summed E-state index contributed by atoms with van der Waals surface area (Å²) in [6, 6.07) is 0. The lowest BCUT2D eigenvalue weighted by molar-refractivity contribution is -0.0423. The Morgan fingerprint density at radius 3 is 2.17 bits per heavy atom. The highest BCUT2D eigenvalue weighted by molar-refractivity contribution is 7.69. The van der Waals surface area contributed by atoms with Crippen LogP contribution in [0.15, 0.2) is 12.7 Å². The average molecular weight is 670 g/mol. The van der Waals surface area contributed by atoms with Gasteiger partial charge in [-0.05, 0) is 19.4 Å². The second kappa shape index (κ2) is 14.1. The van der Waals surface area contributed by atoms with Gasteiger partial charge in [0.05, 0.1) is 25.6 Å². The van der Waals surface area contributed by atoms with Gasteiger partial charge in [0.15, 0.2) is 11.5 Å². The molecule has 21 nitrogen and oxygen atoms in total. The molecule has 25 heteroatoms. The van der Waals surface area contributed by atoms with E-state index in [2.05, 4.69) is 36.9 Å². The van der Waals surface area contributed by atoms with E-state index in [4.69, 9.17) is 16.2 Å². The Bertz CT molecular complexity index is 1380. The maximum Gasteiger partial charge on any atom is 0.490 e. The number of anilines is 1. The number of phosphoric acid groups is 4. The minimum Gasteiger partial charge on any atom is -0.390 e. The maximum absolute atomic E-state index is 12.2. The first-order valence-electron chi connectivity index (χ1n) is 11.7. The summed E-state index contributed by atoms with van der Waals surface area (Å²) in [5.41, 5.74) is 11.6. The van der Waals surface area contributed by atoms with Crippen LogP contribution in [0.5, 0.6) is 0 Å². The average Bonchev–Trinajstić information content (AvgIpc) is 3.41. The molecule has 0 saturated carbocycles. The van der Waals surface area contributed by atoms with Gasteiger partial charge < -0.3 is 40.9 Å². The summed E-state index contributed by atoms with van der Waals surface area (Å²) >= 11 is 0. The number of fused-ring (bicyclic) bond motifs is 1. The van der Waals surface area contributed by atoms with Crippen LogP contribution < -0.4 is 11.5 Å². The number of nitrogens with zero attached hydrogens (tertiary/aromatic N) is 4. The minimum absolute atomic E-state index is 0.0520. The van der Waals surface area contributed by atoms with E-state index < -0.39 is 56.3 Å². The highest BCUT2D eigenvalue weighted by Gasteiger charge is 2.46. The summed E-state index contributed by atoms with van der Waals surface area (Å²) in [6.07, 6.45) is 1.29. The van der Waals surface area contributed by atoms with E-state index in [1.807, 2.05) is 0 Å². The van der Waals surface area contributed by atoms with E-state index in [1.165, 1.54) is 17.2 Å². The van der Waals surface area contributed by atoms with Crippen molar-refractivity contribution < 1.29 is 69.7 Å². The van der Waals surface area contributed by atoms with Gasteiger partial charge >= 0.3 is 31.3 Å². The van der Waals surface area contributed by atoms with Crippen LogP contribution in [0.1, 0.15) is 38.3 Å². The Balaban J connectivity index is 1.51. The fourth-order valence-corrected chi connectivity index (χ4v) is 8.51. The zero-order valence-electron chi connectivity index (χ0n) is 21.1. The molecule has 1 aliphatic heterocycles. The molecule has 9 N–H and O–H groups in total.